The Kier molecular flexibility index (Phi) is 17.4. The largest absolute Gasteiger partial charge is 0.461 e. The van der Waals surface area contributed by atoms with Crippen LogP contribution in [0.25, 0.3) is 0 Å². The summed E-state index contributed by atoms with van der Waals surface area (Å²) in [5.74, 6) is 0.589. The van der Waals surface area contributed by atoms with E-state index in [9.17, 15) is 4.79 Å². The molecule has 38 heavy (non-hydrogen) atoms. The van der Waals surface area contributed by atoms with Gasteiger partial charge in [-0.15, -0.1) is 0 Å². The standard InChI is InChI=1S/C34H58N2O2/c1-30(2)21-17-14-12-10-8-6-5-7-9-11-13-15-20-24-33-35(27-28-38-34(37)31(3)4)25-26-36(33)29-32-22-18-16-19-23-32/h16,18-19,22-23,30,33H,3,5-15,17,20-21,24-29H2,1-2,4H3. The molecule has 1 aliphatic rings. The van der Waals surface area contributed by atoms with Crippen molar-refractivity contribution in [1.82, 2.24) is 9.80 Å². The lowest BCUT2D eigenvalue weighted by Crippen LogP contribution is -2.40. The van der Waals surface area contributed by atoms with Gasteiger partial charge in [0.25, 0.3) is 0 Å². The molecule has 1 heterocycles. The summed E-state index contributed by atoms with van der Waals surface area (Å²) in [5, 5.41) is 0. The fraction of sp³-hybridized carbons (Fsp3) is 0.735. The van der Waals surface area contributed by atoms with Crippen molar-refractivity contribution >= 4 is 5.97 Å². The second kappa shape index (κ2) is 20.3. The van der Waals surface area contributed by atoms with E-state index in [1.165, 1.54) is 102 Å². The summed E-state index contributed by atoms with van der Waals surface area (Å²) in [6, 6.07) is 10.8. The minimum absolute atomic E-state index is 0.279. The Hall–Kier alpha value is -1.65. The molecule has 4 heteroatoms. The molecule has 0 bridgehead atoms. The molecule has 1 aliphatic heterocycles. The van der Waals surface area contributed by atoms with Gasteiger partial charge in [-0.05, 0) is 24.8 Å². The van der Waals surface area contributed by atoms with Gasteiger partial charge in [-0.3, -0.25) is 9.80 Å². The van der Waals surface area contributed by atoms with Crippen molar-refractivity contribution in [3.8, 4) is 0 Å². The van der Waals surface area contributed by atoms with Crippen molar-refractivity contribution < 1.29 is 9.53 Å². The molecule has 1 unspecified atom stereocenters. The highest BCUT2D eigenvalue weighted by Crippen LogP contribution is 2.23. The van der Waals surface area contributed by atoms with Crippen LogP contribution < -0.4 is 0 Å². The van der Waals surface area contributed by atoms with Gasteiger partial charge in [0.2, 0.25) is 0 Å². The number of hydrogen-bond acceptors (Lipinski definition) is 4. The molecule has 0 aromatic heterocycles. The lowest BCUT2D eigenvalue weighted by Gasteiger charge is -2.30. The predicted octanol–water partition coefficient (Wildman–Crippen LogP) is 8.76. The Bertz CT molecular complexity index is 748. The van der Waals surface area contributed by atoms with Crippen LogP contribution in [-0.2, 0) is 16.1 Å². The molecular formula is C34H58N2O2. The van der Waals surface area contributed by atoms with Crippen LogP contribution in [0.5, 0.6) is 0 Å². The Morgan fingerprint density at radius 1 is 0.842 bits per heavy atom. The Balaban J connectivity index is 1.58. The average molecular weight is 527 g/mol. The molecule has 216 valence electrons. The summed E-state index contributed by atoms with van der Waals surface area (Å²) in [6.45, 7) is 14.4. The van der Waals surface area contributed by atoms with Gasteiger partial charge >= 0.3 is 5.97 Å². The van der Waals surface area contributed by atoms with Gasteiger partial charge in [-0.1, -0.05) is 141 Å². The number of ether oxygens (including phenoxy) is 1. The van der Waals surface area contributed by atoms with E-state index in [4.69, 9.17) is 4.74 Å². The summed E-state index contributed by atoms with van der Waals surface area (Å²) in [7, 11) is 0. The van der Waals surface area contributed by atoms with Crippen molar-refractivity contribution in [1.29, 1.82) is 0 Å². The molecule has 1 aromatic carbocycles. The third kappa shape index (κ3) is 14.5. The normalized spacial score (nSPS) is 16.4. The molecule has 0 N–H and O–H groups in total. The van der Waals surface area contributed by atoms with Gasteiger partial charge in [-0.25, -0.2) is 4.79 Å². The number of esters is 1. The SMILES string of the molecule is C=C(C)C(=O)OCCN1CCN(Cc2ccccc2)C1CCCCCCCCCCCCCCCC(C)C. The summed E-state index contributed by atoms with van der Waals surface area (Å²) >= 11 is 0. The van der Waals surface area contributed by atoms with Gasteiger partial charge in [0, 0.05) is 31.8 Å². The maximum Gasteiger partial charge on any atom is 0.333 e. The number of benzene rings is 1. The number of rotatable bonds is 22. The molecule has 1 saturated heterocycles. The van der Waals surface area contributed by atoms with Crippen LogP contribution in [0.3, 0.4) is 0 Å². The van der Waals surface area contributed by atoms with Gasteiger partial charge in [-0.2, -0.15) is 0 Å². The van der Waals surface area contributed by atoms with Crippen molar-refractivity contribution in [2.24, 2.45) is 5.92 Å². The van der Waals surface area contributed by atoms with E-state index in [0.717, 1.165) is 32.1 Å². The number of hydrogen-bond donors (Lipinski definition) is 0. The zero-order valence-corrected chi connectivity index (χ0v) is 25.1. The Morgan fingerprint density at radius 3 is 1.92 bits per heavy atom. The molecule has 1 atom stereocenters. The topological polar surface area (TPSA) is 32.8 Å². The van der Waals surface area contributed by atoms with E-state index in [2.05, 4.69) is 60.6 Å². The molecule has 4 nitrogen and oxygen atoms in total. The Morgan fingerprint density at radius 2 is 1.37 bits per heavy atom. The average Bonchev–Trinajstić information content (AvgIpc) is 3.27. The molecule has 2 rings (SSSR count). The second-order valence-corrected chi connectivity index (χ2v) is 12.0. The highest BCUT2D eigenvalue weighted by atomic mass is 16.5. The monoisotopic (exact) mass is 526 g/mol. The second-order valence-electron chi connectivity index (χ2n) is 12.0. The maximum absolute atomic E-state index is 11.8. The smallest absolute Gasteiger partial charge is 0.333 e. The predicted molar refractivity (Wildman–Crippen MR) is 162 cm³/mol. The molecule has 0 saturated carbocycles. The minimum atomic E-state index is -0.279. The quantitative estimate of drug-likeness (QED) is 0.0859. The lowest BCUT2D eigenvalue weighted by molar-refractivity contribution is -0.139. The van der Waals surface area contributed by atoms with E-state index in [0.29, 0.717) is 18.3 Å². The molecular weight excluding hydrogens is 468 g/mol. The van der Waals surface area contributed by atoms with Gasteiger partial charge in [0.1, 0.15) is 6.61 Å². The van der Waals surface area contributed by atoms with E-state index >= 15 is 0 Å². The first kappa shape index (κ1) is 32.6. The number of nitrogens with zero attached hydrogens (tertiary/aromatic N) is 2. The summed E-state index contributed by atoms with van der Waals surface area (Å²) < 4.78 is 5.40. The zero-order valence-electron chi connectivity index (χ0n) is 25.1. The van der Waals surface area contributed by atoms with E-state index in [-0.39, 0.29) is 5.97 Å². The first-order valence-corrected chi connectivity index (χ1v) is 15.8. The zero-order chi connectivity index (χ0) is 27.4. The highest BCUT2D eigenvalue weighted by Gasteiger charge is 2.31. The van der Waals surface area contributed by atoms with Crippen LogP contribution >= 0.6 is 0 Å². The molecule has 0 spiro atoms. The lowest BCUT2D eigenvalue weighted by atomic mass is 10.0. The number of unbranched alkanes of at least 4 members (excludes halogenated alkanes) is 12. The minimum Gasteiger partial charge on any atom is -0.461 e. The van der Waals surface area contributed by atoms with Crippen molar-refractivity contribution in [2.75, 3.05) is 26.2 Å². The molecule has 0 amide bonds. The van der Waals surface area contributed by atoms with Crippen molar-refractivity contribution in [2.45, 2.75) is 130 Å². The summed E-state index contributed by atoms with van der Waals surface area (Å²) in [4.78, 5) is 16.9. The summed E-state index contributed by atoms with van der Waals surface area (Å²) in [6.07, 6.45) is 21.2. The van der Waals surface area contributed by atoms with Gasteiger partial charge in [0.15, 0.2) is 0 Å². The van der Waals surface area contributed by atoms with E-state index in [1.807, 2.05) is 0 Å². The van der Waals surface area contributed by atoms with E-state index < -0.39 is 0 Å². The molecule has 1 aromatic rings. The highest BCUT2D eigenvalue weighted by molar-refractivity contribution is 5.86. The van der Waals surface area contributed by atoms with Crippen LogP contribution in [0.4, 0.5) is 0 Å². The fourth-order valence-electron chi connectivity index (χ4n) is 5.62. The van der Waals surface area contributed by atoms with Crippen LogP contribution in [0, 0.1) is 5.92 Å². The van der Waals surface area contributed by atoms with Crippen molar-refractivity contribution in [3.05, 3.63) is 48.0 Å². The van der Waals surface area contributed by atoms with Gasteiger partial charge in [0.05, 0.1) is 6.17 Å². The van der Waals surface area contributed by atoms with E-state index in [1.54, 1.807) is 6.92 Å². The van der Waals surface area contributed by atoms with Crippen LogP contribution in [0.1, 0.15) is 123 Å². The van der Waals surface area contributed by atoms with Crippen LogP contribution in [0.15, 0.2) is 42.5 Å². The Labute approximate surface area is 235 Å². The van der Waals surface area contributed by atoms with Crippen molar-refractivity contribution in [3.63, 3.8) is 0 Å². The molecule has 0 radical (unpaired) electrons. The molecule has 0 aliphatic carbocycles. The third-order valence-corrected chi connectivity index (χ3v) is 7.95. The number of carbonyl (C=O) groups is 1. The molecule has 1 fully saturated rings. The first-order valence-electron chi connectivity index (χ1n) is 15.8. The van der Waals surface area contributed by atoms with Crippen LogP contribution in [-0.4, -0.2) is 48.2 Å². The number of carbonyl (C=O) groups excluding carboxylic acids is 1. The fourth-order valence-corrected chi connectivity index (χ4v) is 5.62. The first-order chi connectivity index (χ1) is 18.5. The van der Waals surface area contributed by atoms with Gasteiger partial charge < -0.3 is 4.74 Å². The maximum atomic E-state index is 11.8. The van der Waals surface area contributed by atoms with Crippen LogP contribution in [0.2, 0.25) is 0 Å². The third-order valence-electron chi connectivity index (χ3n) is 7.95. The summed E-state index contributed by atoms with van der Waals surface area (Å²) in [5.41, 5.74) is 1.85.